The summed E-state index contributed by atoms with van der Waals surface area (Å²) >= 11 is 0. The number of H-pyrrole nitrogens is 1. The van der Waals surface area contributed by atoms with E-state index in [-0.39, 0.29) is 36.9 Å². The largest absolute Gasteiger partial charge is 0.394 e. The van der Waals surface area contributed by atoms with Gasteiger partial charge in [0.2, 0.25) is 5.91 Å². The lowest BCUT2D eigenvalue weighted by Gasteiger charge is -2.11. The molecule has 0 saturated heterocycles. The summed E-state index contributed by atoms with van der Waals surface area (Å²) in [5.41, 5.74) is 1.82. The molecular formula is C20H19F3N2O2. The number of benzene rings is 2. The van der Waals surface area contributed by atoms with Crippen molar-refractivity contribution in [3.63, 3.8) is 0 Å². The molecule has 1 aromatic heterocycles. The summed E-state index contributed by atoms with van der Waals surface area (Å²) in [7, 11) is 0. The van der Waals surface area contributed by atoms with Crippen molar-refractivity contribution in [3.8, 4) is 11.3 Å². The average Bonchev–Trinajstić information content (AvgIpc) is 2.99. The number of aliphatic hydroxyl groups is 1. The summed E-state index contributed by atoms with van der Waals surface area (Å²) in [6.45, 7) is 1.48. The van der Waals surface area contributed by atoms with Crippen LogP contribution in [0.3, 0.4) is 0 Å². The molecule has 3 N–H and O–H groups in total. The molecule has 0 spiro atoms. The Morgan fingerprint density at radius 1 is 1.15 bits per heavy atom. The third-order valence-electron chi connectivity index (χ3n) is 4.35. The van der Waals surface area contributed by atoms with Crippen LogP contribution in [0.5, 0.6) is 0 Å². The van der Waals surface area contributed by atoms with E-state index < -0.39 is 17.5 Å². The van der Waals surface area contributed by atoms with E-state index in [9.17, 15) is 18.0 Å². The van der Waals surface area contributed by atoms with E-state index in [1.165, 1.54) is 30.3 Å². The zero-order valence-electron chi connectivity index (χ0n) is 14.7. The van der Waals surface area contributed by atoms with E-state index in [0.29, 0.717) is 22.2 Å². The number of aryl methyl sites for hydroxylation is 1. The molecule has 142 valence electrons. The number of halogens is 3. The molecule has 1 atom stereocenters. The molecule has 4 nitrogen and oxygen atoms in total. The van der Waals surface area contributed by atoms with Crippen LogP contribution >= 0.6 is 0 Å². The first kappa shape index (κ1) is 19.0. The van der Waals surface area contributed by atoms with Crippen molar-refractivity contribution in [3.05, 3.63) is 59.4 Å². The van der Waals surface area contributed by atoms with Gasteiger partial charge in [0.15, 0.2) is 0 Å². The van der Waals surface area contributed by atoms with Gasteiger partial charge < -0.3 is 15.4 Å². The molecule has 0 unspecified atom stereocenters. The summed E-state index contributed by atoms with van der Waals surface area (Å²) in [5.74, 6) is -2.15. The van der Waals surface area contributed by atoms with Crippen molar-refractivity contribution in [1.29, 1.82) is 0 Å². The van der Waals surface area contributed by atoms with Crippen LogP contribution in [0.2, 0.25) is 0 Å². The van der Waals surface area contributed by atoms with E-state index in [1.807, 2.05) is 0 Å². The third kappa shape index (κ3) is 4.14. The van der Waals surface area contributed by atoms with Crippen LogP contribution in [0.4, 0.5) is 13.2 Å². The number of aromatic amines is 1. The second-order valence-electron chi connectivity index (χ2n) is 6.45. The van der Waals surface area contributed by atoms with Gasteiger partial charge in [0, 0.05) is 29.6 Å². The summed E-state index contributed by atoms with van der Waals surface area (Å²) in [6.07, 6.45) is 0.295. The number of nitrogens with one attached hydrogen (secondary N) is 2. The first-order chi connectivity index (χ1) is 12.9. The Bertz CT molecular complexity index is 968. The Morgan fingerprint density at radius 3 is 2.52 bits per heavy atom. The minimum absolute atomic E-state index is 0.0730. The fraction of sp³-hybridized carbons (Fsp3) is 0.250. The molecule has 0 aliphatic carbocycles. The maximum atomic E-state index is 14.2. The molecule has 0 radical (unpaired) electrons. The Labute approximate surface area is 154 Å². The third-order valence-corrected chi connectivity index (χ3v) is 4.35. The highest BCUT2D eigenvalue weighted by molar-refractivity contribution is 5.92. The standard InChI is InChI=1S/C20H19F3N2O2/c1-11(10-26)24-18(27)7-6-15-16-8-14(22)9-17(23)20(16)25-19(15)12-2-4-13(21)5-3-12/h2-5,8-9,11,25-26H,6-7,10H2,1H3,(H,24,27)/t11-/m0/s1. The first-order valence-corrected chi connectivity index (χ1v) is 8.54. The Morgan fingerprint density at radius 2 is 1.85 bits per heavy atom. The van der Waals surface area contributed by atoms with Crippen LogP contribution in [0.15, 0.2) is 36.4 Å². The van der Waals surface area contributed by atoms with Crippen molar-refractivity contribution >= 4 is 16.8 Å². The summed E-state index contributed by atoms with van der Waals surface area (Å²) < 4.78 is 41.2. The fourth-order valence-corrected chi connectivity index (χ4v) is 3.03. The SMILES string of the molecule is C[C@@H](CO)NC(=O)CCc1c(-c2ccc(F)cc2)[nH]c2c(F)cc(F)cc12. The van der Waals surface area contributed by atoms with Crippen LogP contribution < -0.4 is 5.32 Å². The molecule has 7 heteroatoms. The van der Waals surface area contributed by atoms with Gasteiger partial charge in [-0.05, 0) is 54.8 Å². The molecule has 1 heterocycles. The normalized spacial score (nSPS) is 12.3. The lowest BCUT2D eigenvalue weighted by Crippen LogP contribution is -2.35. The number of carbonyl (C=O) groups excluding carboxylic acids is 1. The van der Waals surface area contributed by atoms with Crippen molar-refractivity contribution < 1.29 is 23.1 Å². The second-order valence-corrected chi connectivity index (χ2v) is 6.45. The number of hydrogen-bond donors (Lipinski definition) is 3. The summed E-state index contributed by atoms with van der Waals surface area (Å²) in [6, 6.07) is 7.23. The first-order valence-electron chi connectivity index (χ1n) is 8.54. The number of aliphatic hydroxyl groups excluding tert-OH is 1. The smallest absolute Gasteiger partial charge is 0.220 e. The van der Waals surface area contributed by atoms with E-state index in [2.05, 4.69) is 10.3 Å². The highest BCUT2D eigenvalue weighted by Gasteiger charge is 2.18. The van der Waals surface area contributed by atoms with Crippen LogP contribution in [-0.2, 0) is 11.2 Å². The lowest BCUT2D eigenvalue weighted by atomic mass is 10.0. The molecule has 0 fully saturated rings. The summed E-state index contributed by atoms with van der Waals surface area (Å²) in [4.78, 5) is 15.0. The lowest BCUT2D eigenvalue weighted by molar-refractivity contribution is -0.121. The molecule has 1 amide bonds. The monoisotopic (exact) mass is 376 g/mol. The number of carbonyl (C=O) groups is 1. The van der Waals surface area contributed by atoms with Crippen LogP contribution in [0, 0.1) is 17.5 Å². The second kappa shape index (κ2) is 7.84. The minimum Gasteiger partial charge on any atom is -0.394 e. The minimum atomic E-state index is -0.738. The highest BCUT2D eigenvalue weighted by atomic mass is 19.1. The van der Waals surface area contributed by atoms with Crippen molar-refractivity contribution in [2.24, 2.45) is 0 Å². The predicted molar refractivity (Wildman–Crippen MR) is 96.6 cm³/mol. The van der Waals surface area contributed by atoms with Gasteiger partial charge in [-0.1, -0.05) is 0 Å². The topological polar surface area (TPSA) is 65.1 Å². The van der Waals surface area contributed by atoms with Crippen LogP contribution in [-0.4, -0.2) is 28.6 Å². The zero-order valence-corrected chi connectivity index (χ0v) is 14.7. The molecule has 0 aliphatic heterocycles. The van der Waals surface area contributed by atoms with Gasteiger partial charge >= 0.3 is 0 Å². The van der Waals surface area contributed by atoms with Crippen molar-refractivity contribution in [2.45, 2.75) is 25.8 Å². The molecule has 2 aromatic carbocycles. The molecule has 3 rings (SSSR count). The zero-order chi connectivity index (χ0) is 19.6. The average molecular weight is 376 g/mol. The quantitative estimate of drug-likeness (QED) is 0.614. The molecule has 3 aromatic rings. The molecule has 0 saturated carbocycles. The Hall–Kier alpha value is -2.80. The van der Waals surface area contributed by atoms with Gasteiger partial charge in [0.05, 0.1) is 12.1 Å². The van der Waals surface area contributed by atoms with E-state index in [0.717, 1.165) is 6.07 Å². The molecule has 0 bridgehead atoms. The van der Waals surface area contributed by atoms with E-state index in [4.69, 9.17) is 5.11 Å². The number of aromatic nitrogens is 1. The Kier molecular flexibility index (Phi) is 5.51. The Balaban J connectivity index is 2.01. The molecule has 27 heavy (non-hydrogen) atoms. The maximum Gasteiger partial charge on any atom is 0.220 e. The van der Waals surface area contributed by atoms with Gasteiger partial charge in [-0.2, -0.15) is 0 Å². The van der Waals surface area contributed by atoms with Gasteiger partial charge in [-0.25, -0.2) is 13.2 Å². The maximum absolute atomic E-state index is 14.2. The van der Waals surface area contributed by atoms with E-state index >= 15 is 0 Å². The van der Waals surface area contributed by atoms with E-state index in [1.54, 1.807) is 6.92 Å². The van der Waals surface area contributed by atoms with Crippen LogP contribution in [0.25, 0.3) is 22.2 Å². The van der Waals surface area contributed by atoms with Crippen molar-refractivity contribution in [1.82, 2.24) is 10.3 Å². The number of amides is 1. The highest BCUT2D eigenvalue weighted by Crippen LogP contribution is 2.33. The fourth-order valence-electron chi connectivity index (χ4n) is 3.03. The number of rotatable bonds is 6. The number of fused-ring (bicyclic) bond motifs is 1. The van der Waals surface area contributed by atoms with Crippen molar-refractivity contribution in [2.75, 3.05) is 6.61 Å². The summed E-state index contributed by atoms with van der Waals surface area (Å²) in [5, 5.41) is 12.0. The predicted octanol–water partition coefficient (Wildman–Crippen LogP) is 3.68. The van der Waals surface area contributed by atoms with Gasteiger partial charge in [-0.15, -0.1) is 0 Å². The van der Waals surface area contributed by atoms with Gasteiger partial charge in [-0.3, -0.25) is 4.79 Å². The van der Waals surface area contributed by atoms with Crippen LogP contribution in [0.1, 0.15) is 18.9 Å². The number of hydrogen-bond acceptors (Lipinski definition) is 2. The van der Waals surface area contributed by atoms with Gasteiger partial charge in [0.25, 0.3) is 0 Å². The molecular weight excluding hydrogens is 357 g/mol. The molecule has 0 aliphatic rings. The van der Waals surface area contributed by atoms with Gasteiger partial charge in [0.1, 0.15) is 17.5 Å².